The van der Waals surface area contributed by atoms with Gasteiger partial charge in [-0.25, -0.2) is 0 Å². The van der Waals surface area contributed by atoms with Gasteiger partial charge in [0.2, 0.25) is 0 Å². The van der Waals surface area contributed by atoms with Crippen LogP contribution in [0.2, 0.25) is 0 Å². The number of nitrogens with one attached hydrogen (secondary N) is 1. The minimum atomic E-state index is -0.750. The predicted octanol–water partition coefficient (Wildman–Crippen LogP) is -0.527. The van der Waals surface area contributed by atoms with E-state index in [4.69, 9.17) is 10.0 Å². The molecule has 3 aliphatic rings. The van der Waals surface area contributed by atoms with E-state index in [9.17, 15) is 0 Å². The maximum Gasteiger partial charge on any atom is 0.432 e. The lowest BCUT2D eigenvalue weighted by Gasteiger charge is -2.34. The lowest BCUT2D eigenvalue weighted by atomic mass is 9.75. The minimum absolute atomic E-state index is 0.750. The zero-order valence-corrected chi connectivity index (χ0v) is 7.33. The van der Waals surface area contributed by atoms with Gasteiger partial charge in [0.1, 0.15) is 0 Å². The van der Waals surface area contributed by atoms with Crippen molar-refractivity contribution in [2.45, 2.75) is 12.5 Å². The fourth-order valence-corrected chi connectivity index (χ4v) is 1.98. The van der Waals surface area contributed by atoms with E-state index in [0.717, 1.165) is 19.0 Å². The molecule has 0 amide bonds. The molecule has 1 heterocycles. The third-order valence-electron chi connectivity index (χ3n) is 2.61. The Hall–Kier alpha value is -0.835. The molecule has 0 fully saturated rings. The zero-order valence-electron chi connectivity index (χ0n) is 7.33. The Balaban J connectivity index is 0.000000196. The van der Waals surface area contributed by atoms with Crippen molar-refractivity contribution in [2.75, 3.05) is 6.54 Å². The average molecular weight is 177 g/mol. The number of rotatable bonds is 0. The first-order valence-corrected chi connectivity index (χ1v) is 4.42. The molecule has 0 saturated carbocycles. The molecule has 68 valence electrons. The van der Waals surface area contributed by atoms with Crippen molar-refractivity contribution in [3.8, 4) is 0 Å². The molecule has 4 rings (SSSR count). The highest BCUT2D eigenvalue weighted by atomic mass is 16.4. The highest BCUT2D eigenvalue weighted by Gasteiger charge is 2.28. The zero-order chi connectivity index (χ0) is 9.26. The third kappa shape index (κ3) is 1.37. The van der Waals surface area contributed by atoms with Gasteiger partial charge in [-0.05, 0) is 16.7 Å². The molecule has 3 N–H and O–H groups in total. The summed E-state index contributed by atoms with van der Waals surface area (Å²) in [4.78, 5) is 0. The number of hydrogen-bond acceptors (Lipinski definition) is 3. The van der Waals surface area contributed by atoms with Crippen molar-refractivity contribution < 1.29 is 10.0 Å². The first kappa shape index (κ1) is 8.75. The van der Waals surface area contributed by atoms with Crippen LogP contribution in [0.25, 0.3) is 0 Å². The molecule has 13 heavy (non-hydrogen) atoms. The first-order valence-electron chi connectivity index (χ1n) is 4.42. The topological polar surface area (TPSA) is 52.5 Å². The molecule has 4 heteroatoms. The summed E-state index contributed by atoms with van der Waals surface area (Å²) in [6, 6.07) is 6.82. The van der Waals surface area contributed by atoms with E-state index in [2.05, 4.69) is 23.5 Å². The fourth-order valence-electron chi connectivity index (χ4n) is 1.98. The second kappa shape index (κ2) is 3.50. The monoisotopic (exact) mass is 177 g/mol. The third-order valence-corrected chi connectivity index (χ3v) is 2.61. The quantitative estimate of drug-likeness (QED) is 0.467. The second-order valence-corrected chi connectivity index (χ2v) is 3.28. The van der Waals surface area contributed by atoms with Gasteiger partial charge < -0.3 is 15.4 Å². The molecule has 0 saturated heterocycles. The Morgan fingerprint density at radius 3 is 2.69 bits per heavy atom. The van der Waals surface area contributed by atoms with Crippen LogP contribution in [0.1, 0.15) is 22.6 Å². The van der Waals surface area contributed by atoms with Gasteiger partial charge in [-0.15, -0.1) is 0 Å². The minimum Gasteiger partial charge on any atom is -0.430 e. The number of hydrogen-bond donors (Lipinski definition) is 3. The predicted molar refractivity (Wildman–Crippen MR) is 51.6 cm³/mol. The Bertz CT molecular complexity index is 307. The van der Waals surface area contributed by atoms with Gasteiger partial charge in [0.25, 0.3) is 0 Å². The van der Waals surface area contributed by atoms with Crippen molar-refractivity contribution in [3.63, 3.8) is 0 Å². The van der Waals surface area contributed by atoms with Gasteiger partial charge in [-0.3, -0.25) is 0 Å². The van der Waals surface area contributed by atoms with Crippen molar-refractivity contribution in [1.82, 2.24) is 5.32 Å². The maximum atomic E-state index is 7.12. The van der Waals surface area contributed by atoms with Crippen molar-refractivity contribution in [2.24, 2.45) is 0 Å². The lowest BCUT2D eigenvalue weighted by molar-refractivity contribution is 0.448. The summed E-state index contributed by atoms with van der Waals surface area (Å²) in [6.07, 6.45) is 0. The summed E-state index contributed by atoms with van der Waals surface area (Å²) >= 11 is 0. The van der Waals surface area contributed by atoms with Crippen molar-refractivity contribution in [1.29, 1.82) is 0 Å². The van der Waals surface area contributed by atoms with Crippen LogP contribution in [0.15, 0.2) is 18.2 Å². The number of benzene rings is 1. The Labute approximate surface area is 77.7 Å². The van der Waals surface area contributed by atoms with Crippen LogP contribution in [0, 0.1) is 0 Å². The summed E-state index contributed by atoms with van der Waals surface area (Å²) in [5.41, 5.74) is 4.62. The van der Waals surface area contributed by atoms with Gasteiger partial charge in [-0.2, -0.15) is 0 Å². The molecule has 4 bridgehead atoms. The van der Waals surface area contributed by atoms with Gasteiger partial charge in [0.15, 0.2) is 0 Å². The molecule has 0 radical (unpaired) electrons. The fraction of sp³-hybridized carbons (Fsp3) is 0.333. The van der Waals surface area contributed by atoms with Crippen LogP contribution >= 0.6 is 0 Å². The van der Waals surface area contributed by atoms with Crippen LogP contribution < -0.4 is 5.32 Å². The average Bonchev–Trinajstić information content (AvgIpc) is 2.12. The molecule has 2 aliphatic carbocycles. The van der Waals surface area contributed by atoms with E-state index in [1.807, 2.05) is 0 Å². The molecule has 1 aromatic carbocycles. The second-order valence-electron chi connectivity index (χ2n) is 3.28. The Kier molecular flexibility index (Phi) is 2.35. The molecule has 0 spiro atoms. The van der Waals surface area contributed by atoms with E-state index >= 15 is 0 Å². The lowest BCUT2D eigenvalue weighted by Crippen LogP contribution is -2.33. The van der Waals surface area contributed by atoms with Crippen LogP contribution in [0.5, 0.6) is 0 Å². The van der Waals surface area contributed by atoms with Crippen molar-refractivity contribution in [3.05, 3.63) is 34.9 Å². The molecule has 1 aliphatic heterocycles. The van der Waals surface area contributed by atoms with Gasteiger partial charge in [0, 0.05) is 19.0 Å². The van der Waals surface area contributed by atoms with Crippen molar-refractivity contribution >= 4 is 7.69 Å². The van der Waals surface area contributed by atoms with Gasteiger partial charge in [0.05, 0.1) is 0 Å². The normalized spacial score (nSPS) is 20.9. The van der Waals surface area contributed by atoms with E-state index in [0.29, 0.717) is 0 Å². The first-order chi connectivity index (χ1) is 6.36. The van der Waals surface area contributed by atoms with Gasteiger partial charge >= 0.3 is 7.69 Å². The van der Waals surface area contributed by atoms with Crippen LogP contribution in [-0.2, 0) is 6.54 Å². The van der Waals surface area contributed by atoms with E-state index in [1.165, 1.54) is 11.1 Å². The highest BCUT2D eigenvalue weighted by molar-refractivity contribution is 6.13. The van der Waals surface area contributed by atoms with Gasteiger partial charge in [-0.1, -0.05) is 18.2 Å². The standard InChI is InChI=1S/C9H9N.BH3O2/c1-2-7-4-10-5-9-6(1)3-8(7)9;2-1-3/h1-3,9-10H,4-5H2;1-3H. The molecular formula is C9H12BNO2. The van der Waals surface area contributed by atoms with E-state index in [-0.39, 0.29) is 0 Å². The summed E-state index contributed by atoms with van der Waals surface area (Å²) in [7, 11) is -0.750. The maximum absolute atomic E-state index is 7.12. The summed E-state index contributed by atoms with van der Waals surface area (Å²) in [5, 5.41) is 17.6. The molecule has 1 atom stereocenters. The van der Waals surface area contributed by atoms with E-state index in [1.54, 1.807) is 5.56 Å². The van der Waals surface area contributed by atoms with Crippen LogP contribution in [-0.4, -0.2) is 24.3 Å². The Morgan fingerprint density at radius 1 is 1.38 bits per heavy atom. The molecule has 1 unspecified atom stereocenters. The molecule has 3 nitrogen and oxygen atoms in total. The smallest absolute Gasteiger partial charge is 0.430 e. The molecule has 1 aromatic rings. The summed E-state index contributed by atoms with van der Waals surface area (Å²) < 4.78 is 0. The molecular weight excluding hydrogens is 165 g/mol. The summed E-state index contributed by atoms with van der Waals surface area (Å²) in [5.74, 6) is 0.758. The van der Waals surface area contributed by atoms with Crippen LogP contribution in [0.4, 0.5) is 0 Å². The summed E-state index contributed by atoms with van der Waals surface area (Å²) in [6.45, 7) is 2.24. The van der Waals surface area contributed by atoms with Crippen LogP contribution in [0.3, 0.4) is 0 Å². The number of fused-ring (bicyclic) bond motifs is 1. The molecule has 0 aromatic heterocycles. The van der Waals surface area contributed by atoms with E-state index < -0.39 is 7.69 Å². The SMILES string of the molecule is OBO.c1cc2c3cc1C3CNC2. The highest BCUT2D eigenvalue weighted by Crippen LogP contribution is 2.39. The largest absolute Gasteiger partial charge is 0.432 e. The Morgan fingerprint density at radius 2 is 2.15 bits per heavy atom.